The molecule has 0 radical (unpaired) electrons. The van der Waals surface area contributed by atoms with Gasteiger partial charge in [0, 0.05) is 31.9 Å². The van der Waals surface area contributed by atoms with E-state index in [-0.39, 0.29) is 6.03 Å². The lowest BCUT2D eigenvalue weighted by Gasteiger charge is -2.31. The molecule has 1 saturated heterocycles. The van der Waals surface area contributed by atoms with E-state index in [1.165, 1.54) is 15.8 Å². The summed E-state index contributed by atoms with van der Waals surface area (Å²) >= 11 is 0. The van der Waals surface area contributed by atoms with Gasteiger partial charge in [-0.2, -0.15) is 5.10 Å². The molecule has 0 saturated carbocycles. The van der Waals surface area contributed by atoms with Crippen molar-refractivity contribution in [3.8, 4) is 0 Å². The quantitative estimate of drug-likeness (QED) is 0.773. The van der Waals surface area contributed by atoms with Crippen LogP contribution in [-0.4, -0.2) is 44.9 Å². The van der Waals surface area contributed by atoms with E-state index in [1.54, 1.807) is 13.2 Å². The zero-order chi connectivity index (χ0) is 12.4. The van der Waals surface area contributed by atoms with Gasteiger partial charge in [0.1, 0.15) is 0 Å². The minimum atomic E-state index is -1.05. The molecule has 2 heterocycles. The van der Waals surface area contributed by atoms with Crippen LogP contribution in [0.1, 0.15) is 18.0 Å². The van der Waals surface area contributed by atoms with Gasteiger partial charge in [0.05, 0.1) is 6.20 Å². The third-order valence-electron chi connectivity index (χ3n) is 2.70. The highest BCUT2D eigenvalue weighted by Crippen LogP contribution is 2.22. The highest BCUT2D eigenvalue weighted by molar-refractivity contribution is 5.84. The number of nitrogens with zero attached hydrogens (tertiary/aromatic N) is 3. The molecule has 17 heavy (non-hydrogen) atoms. The average molecular weight is 238 g/mol. The summed E-state index contributed by atoms with van der Waals surface area (Å²) in [5, 5.41) is 15.8. The van der Waals surface area contributed by atoms with Crippen molar-refractivity contribution in [2.24, 2.45) is 7.05 Å². The van der Waals surface area contributed by atoms with Crippen LogP contribution in [0.15, 0.2) is 12.4 Å². The fraction of sp³-hybridized carbons (Fsp3) is 0.500. The van der Waals surface area contributed by atoms with Crippen LogP contribution in [0, 0.1) is 0 Å². The Morgan fingerprint density at radius 3 is 2.94 bits per heavy atom. The molecule has 0 spiro atoms. The number of hydrogen-bond acceptors (Lipinski definition) is 3. The smallest absolute Gasteiger partial charge is 0.331 e. The molecule has 7 heteroatoms. The maximum Gasteiger partial charge on any atom is 0.331 e. The third-order valence-corrected chi connectivity index (χ3v) is 2.70. The summed E-state index contributed by atoms with van der Waals surface area (Å²) in [5.74, 6) is -1.05. The summed E-state index contributed by atoms with van der Waals surface area (Å²) in [6.45, 7) is 1.03. The Bertz CT molecular complexity index is 443. The molecule has 0 bridgehead atoms. The van der Waals surface area contributed by atoms with E-state index < -0.39 is 12.0 Å². The summed E-state index contributed by atoms with van der Waals surface area (Å²) in [7, 11) is 1.71. The van der Waals surface area contributed by atoms with E-state index in [2.05, 4.69) is 10.4 Å². The van der Waals surface area contributed by atoms with E-state index >= 15 is 0 Å². The predicted molar refractivity (Wildman–Crippen MR) is 58.3 cm³/mol. The zero-order valence-electron chi connectivity index (χ0n) is 9.46. The number of rotatable bonds is 3. The molecule has 2 amide bonds. The van der Waals surface area contributed by atoms with Gasteiger partial charge in [0.15, 0.2) is 6.04 Å². The fourth-order valence-corrected chi connectivity index (χ4v) is 1.93. The number of hydrogen-bond donors (Lipinski definition) is 2. The number of aryl methyl sites for hydroxylation is 1. The lowest BCUT2D eigenvalue weighted by molar-refractivity contribution is -0.142. The summed E-state index contributed by atoms with van der Waals surface area (Å²) in [6, 6.07) is -1.31. The van der Waals surface area contributed by atoms with Crippen LogP contribution in [0.4, 0.5) is 4.79 Å². The number of aromatic nitrogens is 2. The molecule has 1 fully saturated rings. The number of carbonyl (C=O) groups excluding carboxylic acids is 1. The van der Waals surface area contributed by atoms with Gasteiger partial charge in [-0.25, -0.2) is 9.59 Å². The second kappa shape index (κ2) is 4.44. The second-order valence-electron chi connectivity index (χ2n) is 3.97. The van der Waals surface area contributed by atoms with Crippen LogP contribution in [0.2, 0.25) is 0 Å². The fourth-order valence-electron chi connectivity index (χ4n) is 1.93. The summed E-state index contributed by atoms with van der Waals surface area (Å²) in [6.07, 6.45) is 3.83. The molecule has 1 unspecified atom stereocenters. The molecule has 2 rings (SSSR count). The SMILES string of the molecule is Cn1cc(C(C(=O)O)N2CCCNC2=O)cn1. The number of urea groups is 1. The highest BCUT2D eigenvalue weighted by atomic mass is 16.4. The molecule has 0 aliphatic carbocycles. The van der Waals surface area contributed by atoms with Crippen molar-refractivity contribution >= 4 is 12.0 Å². The number of carbonyl (C=O) groups is 2. The first kappa shape index (κ1) is 11.4. The molecule has 2 N–H and O–H groups in total. The van der Waals surface area contributed by atoms with Gasteiger partial charge in [0.2, 0.25) is 0 Å². The normalized spacial score (nSPS) is 17.7. The molecule has 1 aromatic rings. The van der Waals surface area contributed by atoms with Crippen molar-refractivity contribution < 1.29 is 14.7 Å². The van der Waals surface area contributed by atoms with Crippen LogP contribution >= 0.6 is 0 Å². The lowest BCUT2D eigenvalue weighted by Crippen LogP contribution is -2.49. The number of nitrogens with one attached hydrogen (secondary N) is 1. The standard InChI is InChI=1S/C10H14N4O3/c1-13-6-7(5-12-13)8(9(15)16)14-4-2-3-11-10(14)17/h5-6,8H,2-4H2,1H3,(H,11,17)(H,15,16). The Morgan fingerprint density at radius 2 is 2.41 bits per heavy atom. The Labute approximate surface area is 98.0 Å². The second-order valence-corrected chi connectivity index (χ2v) is 3.97. The van der Waals surface area contributed by atoms with Crippen LogP contribution in [0.25, 0.3) is 0 Å². The molecule has 0 aromatic carbocycles. The van der Waals surface area contributed by atoms with E-state index in [0.29, 0.717) is 18.7 Å². The first-order chi connectivity index (χ1) is 8.09. The van der Waals surface area contributed by atoms with Crippen molar-refractivity contribution in [2.45, 2.75) is 12.5 Å². The molecular weight excluding hydrogens is 224 g/mol. The van der Waals surface area contributed by atoms with Crippen molar-refractivity contribution in [3.63, 3.8) is 0 Å². The maximum atomic E-state index is 11.6. The largest absolute Gasteiger partial charge is 0.479 e. The topological polar surface area (TPSA) is 87.5 Å². The zero-order valence-corrected chi connectivity index (χ0v) is 9.46. The molecule has 1 aliphatic rings. The number of amides is 2. The van der Waals surface area contributed by atoms with E-state index in [1.807, 2.05) is 0 Å². The summed E-state index contributed by atoms with van der Waals surface area (Å²) in [5.41, 5.74) is 0.511. The van der Waals surface area contributed by atoms with Gasteiger partial charge >= 0.3 is 12.0 Å². The van der Waals surface area contributed by atoms with Gasteiger partial charge in [-0.15, -0.1) is 0 Å². The minimum absolute atomic E-state index is 0.340. The van der Waals surface area contributed by atoms with Gasteiger partial charge < -0.3 is 15.3 Å². The van der Waals surface area contributed by atoms with Crippen molar-refractivity contribution in [3.05, 3.63) is 18.0 Å². The van der Waals surface area contributed by atoms with Gasteiger partial charge in [-0.1, -0.05) is 0 Å². The maximum absolute atomic E-state index is 11.6. The molecule has 1 aromatic heterocycles. The van der Waals surface area contributed by atoms with E-state index in [0.717, 1.165) is 6.42 Å². The Hall–Kier alpha value is -2.05. The van der Waals surface area contributed by atoms with Crippen LogP contribution in [-0.2, 0) is 11.8 Å². The van der Waals surface area contributed by atoms with Crippen molar-refractivity contribution in [1.82, 2.24) is 20.0 Å². The van der Waals surface area contributed by atoms with Crippen LogP contribution in [0.5, 0.6) is 0 Å². The van der Waals surface area contributed by atoms with Gasteiger partial charge in [-0.05, 0) is 6.42 Å². The van der Waals surface area contributed by atoms with E-state index in [9.17, 15) is 14.7 Å². The Kier molecular flexibility index (Phi) is 2.99. The van der Waals surface area contributed by atoms with E-state index in [4.69, 9.17) is 0 Å². The highest BCUT2D eigenvalue weighted by Gasteiger charge is 2.33. The molecule has 92 valence electrons. The molecule has 1 atom stereocenters. The van der Waals surface area contributed by atoms with Crippen LogP contribution < -0.4 is 5.32 Å². The Balaban J connectivity index is 2.28. The van der Waals surface area contributed by atoms with Crippen molar-refractivity contribution in [2.75, 3.05) is 13.1 Å². The summed E-state index contributed by atoms with van der Waals surface area (Å²) in [4.78, 5) is 24.3. The minimum Gasteiger partial charge on any atom is -0.479 e. The van der Waals surface area contributed by atoms with Gasteiger partial charge in [0.25, 0.3) is 0 Å². The monoisotopic (exact) mass is 238 g/mol. The molecular formula is C10H14N4O3. The lowest BCUT2D eigenvalue weighted by atomic mass is 10.1. The Morgan fingerprint density at radius 1 is 1.65 bits per heavy atom. The number of carboxylic acids is 1. The third kappa shape index (κ3) is 2.22. The first-order valence-electron chi connectivity index (χ1n) is 5.35. The summed E-state index contributed by atoms with van der Waals surface area (Å²) < 4.78 is 1.52. The molecule has 1 aliphatic heterocycles. The van der Waals surface area contributed by atoms with Crippen molar-refractivity contribution in [1.29, 1.82) is 0 Å². The molecule has 7 nitrogen and oxygen atoms in total. The van der Waals surface area contributed by atoms with Gasteiger partial charge in [-0.3, -0.25) is 4.68 Å². The number of aliphatic carboxylic acids is 1. The van der Waals surface area contributed by atoms with Crippen LogP contribution in [0.3, 0.4) is 0 Å². The first-order valence-corrected chi connectivity index (χ1v) is 5.35. The average Bonchev–Trinajstić information content (AvgIpc) is 2.68. The predicted octanol–water partition coefficient (Wildman–Crippen LogP) is -0.0389. The number of carboxylic acid groups (broad SMARTS) is 1.